The van der Waals surface area contributed by atoms with E-state index in [9.17, 15) is 9.90 Å². The van der Waals surface area contributed by atoms with E-state index in [1.165, 1.54) is 7.11 Å². The Balaban J connectivity index is 1.97. The van der Waals surface area contributed by atoms with Gasteiger partial charge >= 0.3 is 5.97 Å². The summed E-state index contributed by atoms with van der Waals surface area (Å²) in [5.74, 6) is 0.349. The molecule has 30 heavy (non-hydrogen) atoms. The number of ether oxygens (including phenoxy) is 1. The van der Waals surface area contributed by atoms with Gasteiger partial charge in [-0.1, -0.05) is 17.7 Å². The monoisotopic (exact) mass is 424 g/mol. The largest absolute Gasteiger partial charge is 0.469 e. The SMILES string of the molecule is COC(=O)CC[C@@H]1N=C(c2ccccn2)c2cc(Cl)ccc2-n2c1nc(CO)c2C. The Kier molecular flexibility index (Phi) is 5.65. The molecular weight excluding hydrogens is 404 g/mol. The molecule has 0 aliphatic carbocycles. The van der Waals surface area contributed by atoms with Crippen LogP contribution in [-0.2, 0) is 16.1 Å². The third kappa shape index (κ3) is 3.62. The van der Waals surface area contributed by atoms with Crippen LogP contribution in [0.3, 0.4) is 0 Å². The molecule has 2 aromatic heterocycles. The number of hydrogen-bond donors (Lipinski definition) is 1. The first kappa shape index (κ1) is 20.3. The Morgan fingerprint density at radius 1 is 1.30 bits per heavy atom. The fraction of sp³-hybridized carbons (Fsp3) is 0.273. The predicted molar refractivity (Wildman–Crippen MR) is 113 cm³/mol. The van der Waals surface area contributed by atoms with E-state index >= 15 is 0 Å². The maximum atomic E-state index is 11.8. The zero-order valence-electron chi connectivity index (χ0n) is 16.7. The minimum absolute atomic E-state index is 0.185. The van der Waals surface area contributed by atoms with E-state index in [2.05, 4.69) is 9.97 Å². The maximum absolute atomic E-state index is 11.8. The van der Waals surface area contributed by atoms with Crippen molar-refractivity contribution in [2.45, 2.75) is 32.4 Å². The van der Waals surface area contributed by atoms with Gasteiger partial charge in [-0.2, -0.15) is 0 Å². The second-order valence-electron chi connectivity index (χ2n) is 6.98. The minimum Gasteiger partial charge on any atom is -0.469 e. The van der Waals surface area contributed by atoms with E-state index in [-0.39, 0.29) is 19.0 Å². The van der Waals surface area contributed by atoms with Crippen molar-refractivity contribution in [1.82, 2.24) is 14.5 Å². The quantitative estimate of drug-likeness (QED) is 0.632. The molecule has 3 aromatic rings. The van der Waals surface area contributed by atoms with E-state index in [1.807, 2.05) is 47.9 Å². The molecule has 1 aliphatic rings. The zero-order chi connectivity index (χ0) is 21.3. The molecule has 1 atom stereocenters. The van der Waals surface area contributed by atoms with Crippen LogP contribution in [0.25, 0.3) is 5.69 Å². The number of nitrogens with zero attached hydrogens (tertiary/aromatic N) is 4. The van der Waals surface area contributed by atoms with Crippen molar-refractivity contribution in [1.29, 1.82) is 0 Å². The average Bonchev–Trinajstić information content (AvgIpc) is 3.03. The van der Waals surface area contributed by atoms with Gasteiger partial charge in [0, 0.05) is 28.9 Å². The lowest BCUT2D eigenvalue weighted by molar-refractivity contribution is -0.140. The van der Waals surface area contributed by atoms with Crippen molar-refractivity contribution in [2.24, 2.45) is 4.99 Å². The number of hydrogen-bond acceptors (Lipinski definition) is 6. The fourth-order valence-electron chi connectivity index (χ4n) is 3.68. The molecule has 0 radical (unpaired) electrons. The van der Waals surface area contributed by atoms with E-state index in [1.54, 1.807) is 6.20 Å². The highest BCUT2D eigenvalue weighted by Gasteiger charge is 2.29. The maximum Gasteiger partial charge on any atom is 0.305 e. The van der Waals surface area contributed by atoms with Gasteiger partial charge in [0.25, 0.3) is 0 Å². The van der Waals surface area contributed by atoms with Gasteiger partial charge in [-0.15, -0.1) is 0 Å². The molecule has 1 N–H and O–H groups in total. The highest BCUT2D eigenvalue weighted by molar-refractivity contribution is 6.31. The van der Waals surface area contributed by atoms with E-state index in [4.69, 9.17) is 21.3 Å². The van der Waals surface area contributed by atoms with Gasteiger partial charge in [0.1, 0.15) is 11.9 Å². The number of halogens is 1. The summed E-state index contributed by atoms with van der Waals surface area (Å²) in [6, 6.07) is 10.8. The Bertz CT molecular complexity index is 1120. The molecule has 0 fully saturated rings. The first-order valence-corrected chi connectivity index (χ1v) is 9.96. The number of aliphatic hydroxyl groups excluding tert-OH is 1. The van der Waals surface area contributed by atoms with Crippen molar-refractivity contribution in [3.63, 3.8) is 0 Å². The number of benzene rings is 1. The van der Waals surface area contributed by atoms with Crippen LogP contribution in [-0.4, -0.2) is 38.4 Å². The number of rotatable bonds is 5. The van der Waals surface area contributed by atoms with Crippen LogP contribution in [0.2, 0.25) is 5.02 Å². The number of pyridine rings is 1. The number of esters is 1. The van der Waals surface area contributed by atoms with E-state index < -0.39 is 6.04 Å². The number of aliphatic hydroxyl groups is 1. The number of aliphatic imine (C=N–C) groups is 1. The minimum atomic E-state index is -0.425. The van der Waals surface area contributed by atoms with Gasteiger partial charge in [-0.25, -0.2) is 4.98 Å². The van der Waals surface area contributed by atoms with Crippen LogP contribution < -0.4 is 0 Å². The summed E-state index contributed by atoms with van der Waals surface area (Å²) >= 11 is 6.34. The fourth-order valence-corrected chi connectivity index (χ4v) is 3.85. The Labute approximate surface area is 179 Å². The molecule has 0 saturated carbocycles. The second kappa shape index (κ2) is 8.38. The van der Waals surface area contributed by atoms with Crippen LogP contribution in [0.15, 0.2) is 47.6 Å². The summed E-state index contributed by atoms with van der Waals surface area (Å²) in [4.78, 5) is 26.0. The molecule has 154 valence electrons. The van der Waals surface area contributed by atoms with Crippen molar-refractivity contribution >= 4 is 23.3 Å². The number of carbonyl (C=O) groups excluding carboxylic acids is 1. The molecule has 8 heteroatoms. The molecule has 0 unspecified atom stereocenters. The second-order valence-corrected chi connectivity index (χ2v) is 7.42. The summed E-state index contributed by atoms with van der Waals surface area (Å²) in [5.41, 5.74) is 4.44. The smallest absolute Gasteiger partial charge is 0.305 e. The highest BCUT2D eigenvalue weighted by atomic mass is 35.5. The van der Waals surface area contributed by atoms with Crippen LogP contribution in [0.5, 0.6) is 0 Å². The van der Waals surface area contributed by atoms with E-state index in [0.29, 0.717) is 34.4 Å². The Hall–Kier alpha value is -3.03. The average molecular weight is 425 g/mol. The van der Waals surface area contributed by atoms with E-state index in [0.717, 1.165) is 16.9 Å². The van der Waals surface area contributed by atoms with Crippen LogP contribution in [0.4, 0.5) is 0 Å². The van der Waals surface area contributed by atoms with Crippen LogP contribution in [0, 0.1) is 6.92 Å². The first-order valence-electron chi connectivity index (χ1n) is 9.58. The number of imidazole rings is 1. The van der Waals surface area contributed by atoms with Crippen LogP contribution >= 0.6 is 11.6 Å². The van der Waals surface area contributed by atoms with Gasteiger partial charge < -0.3 is 9.84 Å². The normalized spacial score (nSPS) is 15.1. The molecule has 7 nitrogen and oxygen atoms in total. The Morgan fingerprint density at radius 2 is 2.13 bits per heavy atom. The van der Waals surface area contributed by atoms with Crippen molar-refractivity contribution in [2.75, 3.05) is 7.11 Å². The summed E-state index contributed by atoms with van der Waals surface area (Å²) < 4.78 is 6.80. The number of fused-ring (bicyclic) bond motifs is 3. The van der Waals surface area contributed by atoms with Gasteiger partial charge in [0.05, 0.1) is 36.5 Å². The molecule has 4 rings (SSSR count). The summed E-state index contributed by atoms with van der Waals surface area (Å²) in [5, 5.41) is 10.4. The van der Waals surface area contributed by atoms with Gasteiger partial charge in [0.15, 0.2) is 0 Å². The Morgan fingerprint density at radius 3 is 2.83 bits per heavy atom. The molecule has 0 amide bonds. The highest BCUT2D eigenvalue weighted by Crippen LogP contribution is 2.35. The third-order valence-corrected chi connectivity index (χ3v) is 5.41. The lowest BCUT2D eigenvalue weighted by atomic mass is 10.0. The van der Waals surface area contributed by atoms with Gasteiger partial charge in [-0.3, -0.25) is 19.3 Å². The summed E-state index contributed by atoms with van der Waals surface area (Å²) in [6.45, 7) is 1.72. The molecule has 1 aliphatic heterocycles. The van der Waals surface area contributed by atoms with Crippen molar-refractivity contribution in [3.8, 4) is 5.69 Å². The standard InChI is InChI=1S/C22H21ClN4O3/c1-13-18(12-28)26-22-17(7-9-20(29)30-2)25-21(16-5-3-4-10-24-16)15-11-14(23)6-8-19(15)27(13)22/h3-6,8,10-11,17,28H,7,9,12H2,1-2H3/t17-/m0/s1. The summed E-state index contributed by atoms with van der Waals surface area (Å²) in [6.07, 6.45) is 2.31. The molecular formula is C22H21ClN4O3. The molecule has 1 aromatic carbocycles. The van der Waals surface area contributed by atoms with Gasteiger partial charge in [0.2, 0.25) is 0 Å². The van der Waals surface area contributed by atoms with Gasteiger partial charge in [-0.05, 0) is 43.7 Å². The number of carbonyl (C=O) groups is 1. The van der Waals surface area contributed by atoms with Crippen LogP contribution in [0.1, 0.15) is 47.4 Å². The molecule has 0 saturated heterocycles. The lowest BCUT2D eigenvalue weighted by Crippen LogP contribution is -2.09. The lowest BCUT2D eigenvalue weighted by Gasteiger charge is -2.14. The number of aromatic nitrogens is 3. The molecule has 3 heterocycles. The zero-order valence-corrected chi connectivity index (χ0v) is 17.4. The summed E-state index contributed by atoms with van der Waals surface area (Å²) in [7, 11) is 1.37. The van der Waals surface area contributed by atoms with Crippen molar-refractivity contribution < 1.29 is 14.6 Å². The topological polar surface area (TPSA) is 89.6 Å². The predicted octanol–water partition coefficient (Wildman–Crippen LogP) is 3.57. The third-order valence-electron chi connectivity index (χ3n) is 5.18. The number of methoxy groups -OCH3 is 1. The molecule has 0 spiro atoms. The molecule has 0 bridgehead atoms. The first-order chi connectivity index (χ1) is 14.5. The van der Waals surface area contributed by atoms with Crippen molar-refractivity contribution in [3.05, 3.63) is 76.1 Å².